The molecule has 1 aromatic heterocycles. The summed E-state index contributed by atoms with van der Waals surface area (Å²) in [6.07, 6.45) is 0.498. The SMILES string of the molecule is COC(CNc1ccc(C(=O)N(C)C)cn1)C(=O)O. The van der Waals surface area contributed by atoms with Crippen LogP contribution in [0.5, 0.6) is 0 Å². The summed E-state index contributed by atoms with van der Waals surface area (Å²) in [5.41, 5.74) is 0.470. The largest absolute Gasteiger partial charge is 0.479 e. The van der Waals surface area contributed by atoms with Gasteiger partial charge in [-0.05, 0) is 12.1 Å². The monoisotopic (exact) mass is 267 g/mol. The number of aliphatic carboxylic acids is 1. The second kappa shape index (κ2) is 6.69. The number of aromatic nitrogens is 1. The van der Waals surface area contributed by atoms with Crippen LogP contribution in [-0.2, 0) is 9.53 Å². The Bertz CT molecular complexity index is 445. The molecule has 104 valence electrons. The Hall–Kier alpha value is -2.15. The minimum atomic E-state index is -1.05. The highest BCUT2D eigenvalue weighted by Crippen LogP contribution is 2.07. The highest BCUT2D eigenvalue weighted by atomic mass is 16.5. The third-order valence-electron chi connectivity index (χ3n) is 2.45. The normalized spacial score (nSPS) is 11.7. The van der Waals surface area contributed by atoms with E-state index >= 15 is 0 Å². The molecule has 1 unspecified atom stereocenters. The number of rotatable bonds is 6. The van der Waals surface area contributed by atoms with Crippen molar-refractivity contribution in [3.05, 3.63) is 23.9 Å². The zero-order chi connectivity index (χ0) is 14.4. The lowest BCUT2D eigenvalue weighted by molar-refractivity contribution is -0.147. The minimum absolute atomic E-state index is 0.0970. The van der Waals surface area contributed by atoms with Crippen LogP contribution in [0.2, 0.25) is 0 Å². The van der Waals surface area contributed by atoms with Crippen molar-refractivity contribution in [2.24, 2.45) is 0 Å². The molecule has 1 amide bonds. The first-order valence-corrected chi connectivity index (χ1v) is 5.63. The molecule has 0 bridgehead atoms. The van der Waals surface area contributed by atoms with E-state index in [-0.39, 0.29) is 12.5 Å². The highest BCUT2D eigenvalue weighted by Gasteiger charge is 2.16. The van der Waals surface area contributed by atoms with Crippen LogP contribution in [0.4, 0.5) is 5.82 Å². The standard InChI is InChI=1S/C12H17N3O4/c1-15(2)11(16)8-4-5-10(13-6-8)14-7-9(19-3)12(17)18/h4-6,9H,7H2,1-3H3,(H,13,14)(H,17,18). The van der Waals surface area contributed by atoms with Gasteiger partial charge in [-0.2, -0.15) is 0 Å². The van der Waals surface area contributed by atoms with E-state index in [0.29, 0.717) is 11.4 Å². The van der Waals surface area contributed by atoms with Crippen molar-refractivity contribution in [2.75, 3.05) is 33.1 Å². The molecule has 0 aliphatic rings. The maximum atomic E-state index is 11.6. The predicted octanol–water partition coefficient (Wildman–Crippen LogP) is 0.295. The van der Waals surface area contributed by atoms with Crippen LogP contribution in [0.25, 0.3) is 0 Å². The third-order valence-corrected chi connectivity index (χ3v) is 2.45. The summed E-state index contributed by atoms with van der Waals surface area (Å²) in [5.74, 6) is -0.702. The smallest absolute Gasteiger partial charge is 0.334 e. The molecule has 7 heteroatoms. The van der Waals surface area contributed by atoms with Crippen LogP contribution in [0.1, 0.15) is 10.4 Å². The van der Waals surface area contributed by atoms with E-state index in [0.717, 1.165) is 0 Å². The second-order valence-corrected chi connectivity index (χ2v) is 4.08. The van der Waals surface area contributed by atoms with Crippen molar-refractivity contribution in [3.63, 3.8) is 0 Å². The number of hydrogen-bond acceptors (Lipinski definition) is 5. The molecule has 1 atom stereocenters. The zero-order valence-electron chi connectivity index (χ0n) is 11.1. The van der Waals surface area contributed by atoms with Gasteiger partial charge in [0.15, 0.2) is 6.10 Å². The Morgan fingerprint density at radius 1 is 1.47 bits per heavy atom. The number of anilines is 1. The zero-order valence-corrected chi connectivity index (χ0v) is 11.1. The van der Waals surface area contributed by atoms with Crippen molar-refractivity contribution in [1.82, 2.24) is 9.88 Å². The van der Waals surface area contributed by atoms with Gasteiger partial charge in [0.25, 0.3) is 5.91 Å². The molecule has 0 saturated heterocycles. The van der Waals surface area contributed by atoms with Crippen LogP contribution in [0, 0.1) is 0 Å². The van der Waals surface area contributed by atoms with Crippen molar-refractivity contribution >= 4 is 17.7 Å². The number of carbonyl (C=O) groups is 2. The van der Waals surface area contributed by atoms with Gasteiger partial charge in [-0.3, -0.25) is 4.79 Å². The van der Waals surface area contributed by atoms with E-state index in [2.05, 4.69) is 10.3 Å². The van der Waals surface area contributed by atoms with E-state index in [1.54, 1.807) is 26.2 Å². The molecule has 1 aromatic rings. The minimum Gasteiger partial charge on any atom is -0.479 e. The van der Waals surface area contributed by atoms with Crippen LogP contribution in [0.3, 0.4) is 0 Å². The number of pyridine rings is 1. The van der Waals surface area contributed by atoms with Gasteiger partial charge < -0.3 is 20.1 Å². The van der Waals surface area contributed by atoms with Gasteiger partial charge in [0, 0.05) is 27.4 Å². The third kappa shape index (κ3) is 4.22. The summed E-state index contributed by atoms with van der Waals surface area (Å²) in [5, 5.41) is 11.6. The van der Waals surface area contributed by atoms with Crippen molar-refractivity contribution in [2.45, 2.75) is 6.10 Å². The number of nitrogens with zero attached hydrogens (tertiary/aromatic N) is 2. The second-order valence-electron chi connectivity index (χ2n) is 4.08. The van der Waals surface area contributed by atoms with Crippen LogP contribution in [-0.4, -0.2) is 60.7 Å². The van der Waals surface area contributed by atoms with Crippen LogP contribution < -0.4 is 5.32 Å². The van der Waals surface area contributed by atoms with Gasteiger partial charge in [-0.15, -0.1) is 0 Å². The van der Waals surface area contributed by atoms with Gasteiger partial charge in [0.2, 0.25) is 0 Å². The number of carboxylic acids is 1. The lowest BCUT2D eigenvalue weighted by Gasteiger charge is -2.13. The number of hydrogen-bond donors (Lipinski definition) is 2. The Labute approximate surface area is 111 Å². The Morgan fingerprint density at radius 3 is 2.58 bits per heavy atom. The summed E-state index contributed by atoms with van der Waals surface area (Å²) in [6.45, 7) is 0.0970. The molecule has 0 aliphatic heterocycles. The number of carbonyl (C=O) groups excluding carboxylic acids is 1. The molecule has 1 heterocycles. The van der Waals surface area contributed by atoms with Crippen LogP contribution in [0.15, 0.2) is 18.3 Å². The first-order chi connectivity index (χ1) is 8.95. The molecule has 0 aromatic carbocycles. The Balaban J connectivity index is 2.62. The molecular weight excluding hydrogens is 250 g/mol. The van der Waals surface area contributed by atoms with E-state index in [1.807, 2.05) is 0 Å². The first-order valence-electron chi connectivity index (χ1n) is 5.63. The van der Waals surface area contributed by atoms with Crippen molar-refractivity contribution < 1.29 is 19.4 Å². The Kier molecular flexibility index (Phi) is 5.25. The molecule has 0 aliphatic carbocycles. The fraction of sp³-hybridized carbons (Fsp3) is 0.417. The summed E-state index contributed by atoms with van der Waals surface area (Å²) in [7, 11) is 4.64. The maximum absolute atomic E-state index is 11.6. The number of ether oxygens (including phenoxy) is 1. The van der Waals surface area contributed by atoms with Gasteiger partial charge >= 0.3 is 5.97 Å². The van der Waals surface area contributed by atoms with E-state index in [1.165, 1.54) is 18.2 Å². The summed E-state index contributed by atoms with van der Waals surface area (Å²) in [6, 6.07) is 3.24. The molecule has 19 heavy (non-hydrogen) atoms. The lowest BCUT2D eigenvalue weighted by atomic mass is 10.2. The topological polar surface area (TPSA) is 91.8 Å². The molecular formula is C12H17N3O4. The average Bonchev–Trinajstić information content (AvgIpc) is 2.38. The summed E-state index contributed by atoms with van der Waals surface area (Å²) >= 11 is 0. The fourth-order valence-corrected chi connectivity index (χ4v) is 1.35. The molecule has 0 spiro atoms. The molecule has 0 radical (unpaired) electrons. The molecule has 7 nitrogen and oxygen atoms in total. The number of methoxy groups -OCH3 is 1. The average molecular weight is 267 g/mol. The molecule has 2 N–H and O–H groups in total. The number of carboxylic acid groups (broad SMARTS) is 1. The van der Waals surface area contributed by atoms with Crippen LogP contribution >= 0.6 is 0 Å². The molecule has 0 saturated carbocycles. The summed E-state index contributed by atoms with van der Waals surface area (Å²) < 4.78 is 4.78. The van der Waals surface area contributed by atoms with Gasteiger partial charge in [-0.1, -0.05) is 0 Å². The lowest BCUT2D eigenvalue weighted by Crippen LogP contribution is -2.30. The number of amides is 1. The summed E-state index contributed by atoms with van der Waals surface area (Å²) in [4.78, 5) is 27.9. The maximum Gasteiger partial charge on any atom is 0.334 e. The predicted molar refractivity (Wildman–Crippen MR) is 69.2 cm³/mol. The Morgan fingerprint density at radius 2 is 2.16 bits per heavy atom. The van der Waals surface area contributed by atoms with E-state index in [9.17, 15) is 9.59 Å². The van der Waals surface area contributed by atoms with Crippen molar-refractivity contribution in [3.8, 4) is 0 Å². The fourth-order valence-electron chi connectivity index (χ4n) is 1.35. The molecule has 0 fully saturated rings. The van der Waals surface area contributed by atoms with E-state index < -0.39 is 12.1 Å². The van der Waals surface area contributed by atoms with E-state index in [4.69, 9.17) is 9.84 Å². The van der Waals surface area contributed by atoms with Crippen molar-refractivity contribution in [1.29, 1.82) is 0 Å². The van der Waals surface area contributed by atoms with Gasteiger partial charge in [-0.25, -0.2) is 9.78 Å². The quantitative estimate of drug-likeness (QED) is 0.770. The first kappa shape index (κ1) is 14.9. The highest BCUT2D eigenvalue weighted by molar-refractivity contribution is 5.93. The molecule has 1 rings (SSSR count). The van der Waals surface area contributed by atoms with Gasteiger partial charge in [0.05, 0.1) is 12.1 Å². The van der Waals surface area contributed by atoms with Gasteiger partial charge in [0.1, 0.15) is 5.82 Å². The number of nitrogens with one attached hydrogen (secondary N) is 1.